The quantitative estimate of drug-likeness (QED) is 0.863. The van der Waals surface area contributed by atoms with Gasteiger partial charge in [0.2, 0.25) is 5.89 Å². The lowest BCUT2D eigenvalue weighted by Crippen LogP contribution is -2.39. The molecule has 0 N–H and O–H groups in total. The van der Waals surface area contributed by atoms with Crippen LogP contribution in [0.3, 0.4) is 0 Å². The molecule has 1 atom stereocenters. The van der Waals surface area contributed by atoms with Gasteiger partial charge >= 0.3 is 0 Å². The van der Waals surface area contributed by atoms with E-state index in [0.29, 0.717) is 24.6 Å². The molecule has 6 nitrogen and oxygen atoms in total. The van der Waals surface area contributed by atoms with Crippen molar-refractivity contribution in [1.82, 2.24) is 9.29 Å². The van der Waals surface area contributed by atoms with E-state index in [-0.39, 0.29) is 16.7 Å². The van der Waals surface area contributed by atoms with Gasteiger partial charge in [0.25, 0.3) is 15.1 Å². The minimum absolute atomic E-state index is 0.144. The van der Waals surface area contributed by atoms with Gasteiger partial charge in [0.05, 0.1) is 0 Å². The maximum Gasteiger partial charge on any atom is 0.279 e. The van der Waals surface area contributed by atoms with Crippen LogP contribution in [-0.2, 0) is 10.0 Å². The molecule has 0 unspecified atom stereocenters. The zero-order chi connectivity index (χ0) is 16.4. The Morgan fingerprint density at radius 3 is 2.74 bits per heavy atom. The number of oxazole rings is 1. The first kappa shape index (κ1) is 15.7. The first-order valence-electron chi connectivity index (χ1n) is 7.49. The fourth-order valence-electron chi connectivity index (χ4n) is 2.74. The number of piperidine rings is 1. The molecule has 7 heteroatoms. The van der Waals surface area contributed by atoms with E-state index in [9.17, 15) is 13.7 Å². The van der Waals surface area contributed by atoms with E-state index < -0.39 is 10.0 Å². The van der Waals surface area contributed by atoms with Crippen LogP contribution in [0.4, 0.5) is 0 Å². The molecule has 1 aromatic heterocycles. The Morgan fingerprint density at radius 2 is 2.09 bits per heavy atom. The molecule has 3 rings (SSSR count). The molecule has 0 spiro atoms. The van der Waals surface area contributed by atoms with Gasteiger partial charge in [-0.2, -0.15) is 14.6 Å². The van der Waals surface area contributed by atoms with Gasteiger partial charge in [0.15, 0.2) is 5.69 Å². The predicted octanol–water partition coefficient (Wildman–Crippen LogP) is 2.63. The topological polar surface area (TPSA) is 87.2 Å². The molecule has 120 valence electrons. The van der Waals surface area contributed by atoms with E-state index in [2.05, 4.69) is 4.98 Å². The second-order valence-electron chi connectivity index (χ2n) is 5.74. The van der Waals surface area contributed by atoms with Crippen LogP contribution in [0.2, 0.25) is 0 Å². The van der Waals surface area contributed by atoms with Gasteiger partial charge in [-0.05, 0) is 30.9 Å². The number of nitriles is 1. The van der Waals surface area contributed by atoms with Crippen molar-refractivity contribution in [2.24, 2.45) is 5.92 Å². The maximum absolute atomic E-state index is 12.8. The number of nitrogens with zero attached hydrogens (tertiary/aromatic N) is 3. The molecule has 0 radical (unpaired) electrons. The summed E-state index contributed by atoms with van der Waals surface area (Å²) < 4.78 is 32.5. The Labute approximate surface area is 135 Å². The van der Waals surface area contributed by atoms with Crippen LogP contribution >= 0.6 is 0 Å². The average Bonchev–Trinajstić information content (AvgIpc) is 3.01. The molecule has 0 aliphatic carbocycles. The molecule has 0 amide bonds. The number of hydrogen-bond donors (Lipinski definition) is 0. The van der Waals surface area contributed by atoms with Crippen molar-refractivity contribution in [3.05, 3.63) is 36.0 Å². The summed E-state index contributed by atoms with van der Waals surface area (Å²) in [6.07, 6.45) is 1.81. The van der Waals surface area contributed by atoms with Crippen LogP contribution in [0.15, 0.2) is 39.8 Å². The van der Waals surface area contributed by atoms with Crippen LogP contribution < -0.4 is 0 Å². The largest absolute Gasteiger partial charge is 0.422 e. The van der Waals surface area contributed by atoms with Crippen LogP contribution in [0.5, 0.6) is 0 Å². The van der Waals surface area contributed by atoms with Crippen molar-refractivity contribution in [3.8, 4) is 17.5 Å². The molecule has 1 aliphatic rings. The maximum atomic E-state index is 12.8. The normalized spacial score (nSPS) is 19.4. The Kier molecular flexibility index (Phi) is 4.20. The zero-order valence-electron chi connectivity index (χ0n) is 12.8. The van der Waals surface area contributed by atoms with E-state index in [1.54, 1.807) is 24.3 Å². The lowest BCUT2D eigenvalue weighted by atomic mass is 10.0. The third kappa shape index (κ3) is 3.00. The highest BCUT2D eigenvalue weighted by molar-refractivity contribution is 7.89. The smallest absolute Gasteiger partial charge is 0.279 e. The van der Waals surface area contributed by atoms with Gasteiger partial charge in [-0.15, -0.1) is 0 Å². The van der Waals surface area contributed by atoms with Gasteiger partial charge in [0, 0.05) is 18.7 Å². The number of sulfonamides is 1. The molecule has 1 aromatic carbocycles. The summed E-state index contributed by atoms with van der Waals surface area (Å²) in [5.74, 6) is 0.436. The molecule has 1 aliphatic heterocycles. The Morgan fingerprint density at radius 1 is 1.35 bits per heavy atom. The fourth-order valence-corrected chi connectivity index (χ4v) is 4.31. The Bertz CT molecular complexity index is 837. The van der Waals surface area contributed by atoms with Crippen molar-refractivity contribution in [1.29, 1.82) is 5.26 Å². The van der Waals surface area contributed by atoms with Gasteiger partial charge < -0.3 is 4.42 Å². The highest BCUT2D eigenvalue weighted by Gasteiger charge is 2.35. The molecular weight excluding hydrogens is 314 g/mol. The van der Waals surface area contributed by atoms with Crippen LogP contribution in [-0.4, -0.2) is 30.8 Å². The average molecular weight is 331 g/mol. The Balaban J connectivity index is 2.02. The van der Waals surface area contributed by atoms with Crippen LogP contribution in [0.1, 0.15) is 25.5 Å². The van der Waals surface area contributed by atoms with Crippen molar-refractivity contribution in [2.75, 3.05) is 13.1 Å². The van der Waals surface area contributed by atoms with E-state index >= 15 is 0 Å². The first-order chi connectivity index (χ1) is 11.0. The van der Waals surface area contributed by atoms with Crippen LogP contribution in [0, 0.1) is 17.2 Å². The predicted molar refractivity (Wildman–Crippen MR) is 83.8 cm³/mol. The number of hydrogen-bond acceptors (Lipinski definition) is 5. The fraction of sp³-hybridized carbons (Fsp3) is 0.375. The molecule has 23 heavy (non-hydrogen) atoms. The van der Waals surface area contributed by atoms with Crippen molar-refractivity contribution < 1.29 is 12.8 Å². The summed E-state index contributed by atoms with van der Waals surface area (Å²) >= 11 is 0. The molecule has 0 saturated carbocycles. The molecule has 1 fully saturated rings. The van der Waals surface area contributed by atoms with Crippen molar-refractivity contribution in [2.45, 2.75) is 24.9 Å². The van der Waals surface area contributed by atoms with E-state index in [1.165, 1.54) is 4.31 Å². The molecule has 0 bridgehead atoms. The van der Waals surface area contributed by atoms with Gasteiger partial charge in [-0.3, -0.25) is 0 Å². The second-order valence-corrected chi connectivity index (χ2v) is 7.58. The van der Waals surface area contributed by atoms with Crippen molar-refractivity contribution >= 4 is 10.0 Å². The molecule has 1 saturated heterocycles. The van der Waals surface area contributed by atoms with Crippen LogP contribution in [0.25, 0.3) is 11.5 Å². The van der Waals surface area contributed by atoms with E-state index in [4.69, 9.17) is 4.42 Å². The lowest BCUT2D eigenvalue weighted by molar-refractivity contribution is 0.275. The number of rotatable bonds is 3. The highest BCUT2D eigenvalue weighted by atomic mass is 32.2. The zero-order valence-corrected chi connectivity index (χ0v) is 13.6. The SMILES string of the molecule is C[C@H]1CCCN(S(=O)(=O)c2oc(-c3ccccc3)nc2C#N)C1. The minimum atomic E-state index is -3.84. The highest BCUT2D eigenvalue weighted by Crippen LogP contribution is 2.29. The third-order valence-electron chi connectivity index (χ3n) is 3.92. The molecule has 2 aromatic rings. The summed E-state index contributed by atoms with van der Waals surface area (Å²) in [4.78, 5) is 4.05. The minimum Gasteiger partial charge on any atom is -0.422 e. The summed E-state index contributed by atoms with van der Waals surface area (Å²) in [7, 11) is -3.84. The first-order valence-corrected chi connectivity index (χ1v) is 8.93. The van der Waals surface area contributed by atoms with Gasteiger partial charge in [-0.25, -0.2) is 8.42 Å². The monoisotopic (exact) mass is 331 g/mol. The number of benzene rings is 1. The van der Waals surface area contributed by atoms with Gasteiger partial charge in [0.1, 0.15) is 6.07 Å². The standard InChI is InChI=1S/C16H17N3O3S/c1-12-6-5-9-19(11-12)23(20,21)16-14(10-17)18-15(22-16)13-7-3-2-4-8-13/h2-4,7-8,12H,5-6,9,11H2,1H3/t12-/m0/s1. The summed E-state index contributed by atoms with van der Waals surface area (Å²) in [5, 5.41) is 8.88. The molecule has 2 heterocycles. The lowest BCUT2D eigenvalue weighted by Gasteiger charge is -2.28. The molecular formula is C16H17N3O3S. The summed E-state index contributed by atoms with van der Waals surface area (Å²) in [6, 6.07) is 10.8. The summed E-state index contributed by atoms with van der Waals surface area (Å²) in [5.41, 5.74) is 0.444. The van der Waals surface area contributed by atoms with E-state index in [1.807, 2.05) is 19.1 Å². The Hall–Kier alpha value is -2.17. The second kappa shape index (κ2) is 6.14. The van der Waals surface area contributed by atoms with Crippen molar-refractivity contribution in [3.63, 3.8) is 0 Å². The van der Waals surface area contributed by atoms with E-state index in [0.717, 1.165) is 12.8 Å². The summed E-state index contributed by atoms with van der Waals surface area (Å²) in [6.45, 7) is 2.90. The number of aromatic nitrogens is 1. The third-order valence-corrected chi connectivity index (χ3v) is 5.67. The van der Waals surface area contributed by atoms with Gasteiger partial charge in [-0.1, -0.05) is 25.1 Å².